The fourth-order valence-corrected chi connectivity index (χ4v) is 2.68. The fourth-order valence-electron chi connectivity index (χ4n) is 2.26. The van der Waals surface area contributed by atoms with E-state index in [1.54, 1.807) is 0 Å². The third kappa shape index (κ3) is 4.03. The molecule has 21 heavy (non-hydrogen) atoms. The maximum Gasteiger partial charge on any atom is 0.271 e. The van der Waals surface area contributed by atoms with Gasteiger partial charge in [-0.1, -0.05) is 11.6 Å². The molecule has 2 rings (SSSR count). The molecular formula is C13H16ClN3O3S. The molecule has 0 unspecified atom stereocenters. The lowest BCUT2D eigenvalue weighted by molar-refractivity contribution is -0.384. The molecule has 1 aromatic carbocycles. The smallest absolute Gasteiger partial charge is 0.271 e. The van der Waals surface area contributed by atoms with Crippen LogP contribution in [-0.4, -0.2) is 40.2 Å². The Bertz CT molecular complexity index is 560. The van der Waals surface area contributed by atoms with Gasteiger partial charge >= 0.3 is 0 Å². The van der Waals surface area contributed by atoms with Gasteiger partial charge in [-0.2, -0.15) is 0 Å². The van der Waals surface area contributed by atoms with E-state index < -0.39 is 4.92 Å². The van der Waals surface area contributed by atoms with Crippen LogP contribution in [0.15, 0.2) is 18.2 Å². The van der Waals surface area contributed by atoms with Gasteiger partial charge in [-0.3, -0.25) is 10.1 Å². The highest BCUT2D eigenvalue weighted by molar-refractivity contribution is 7.80. The Labute approximate surface area is 133 Å². The molecule has 1 heterocycles. The molecule has 1 aromatic rings. The number of hydrogen-bond acceptors (Lipinski definition) is 4. The Morgan fingerprint density at radius 3 is 2.67 bits per heavy atom. The number of anilines is 1. The monoisotopic (exact) mass is 329 g/mol. The summed E-state index contributed by atoms with van der Waals surface area (Å²) in [5, 5.41) is 14.7. The van der Waals surface area contributed by atoms with Crippen molar-refractivity contribution in [3.8, 4) is 0 Å². The highest BCUT2D eigenvalue weighted by Crippen LogP contribution is 2.27. The average molecular weight is 330 g/mol. The molecule has 0 bridgehead atoms. The van der Waals surface area contributed by atoms with Gasteiger partial charge in [0.2, 0.25) is 0 Å². The first kappa shape index (κ1) is 15.9. The molecule has 0 radical (unpaired) electrons. The van der Waals surface area contributed by atoms with E-state index in [-0.39, 0.29) is 17.9 Å². The summed E-state index contributed by atoms with van der Waals surface area (Å²) >= 11 is 11.4. The van der Waals surface area contributed by atoms with Crippen molar-refractivity contribution in [1.29, 1.82) is 0 Å². The quantitative estimate of drug-likeness (QED) is 0.511. The summed E-state index contributed by atoms with van der Waals surface area (Å²) in [4.78, 5) is 12.3. The van der Waals surface area contributed by atoms with Crippen LogP contribution in [0.4, 0.5) is 11.4 Å². The average Bonchev–Trinajstić information content (AvgIpc) is 2.39. The van der Waals surface area contributed by atoms with Crippen molar-refractivity contribution >= 4 is 40.3 Å². The Balaban J connectivity index is 2.12. The van der Waals surface area contributed by atoms with Crippen molar-refractivity contribution in [2.45, 2.75) is 26.1 Å². The summed E-state index contributed by atoms with van der Waals surface area (Å²) in [7, 11) is 0. The van der Waals surface area contributed by atoms with E-state index in [4.69, 9.17) is 28.6 Å². The van der Waals surface area contributed by atoms with E-state index >= 15 is 0 Å². The van der Waals surface area contributed by atoms with Crippen LogP contribution >= 0.6 is 23.8 Å². The molecular weight excluding hydrogens is 314 g/mol. The second-order valence-electron chi connectivity index (χ2n) is 5.01. The third-order valence-electron chi connectivity index (χ3n) is 3.11. The van der Waals surface area contributed by atoms with Gasteiger partial charge in [0.05, 0.1) is 27.8 Å². The van der Waals surface area contributed by atoms with Crippen molar-refractivity contribution in [3.05, 3.63) is 33.3 Å². The number of nitro groups is 1. The summed E-state index contributed by atoms with van der Waals surface area (Å²) in [6.45, 7) is 5.29. The number of thiocarbonyl (C=S) groups is 1. The van der Waals surface area contributed by atoms with Crippen LogP contribution in [-0.2, 0) is 4.74 Å². The Morgan fingerprint density at radius 1 is 1.48 bits per heavy atom. The van der Waals surface area contributed by atoms with Gasteiger partial charge in [0.15, 0.2) is 5.11 Å². The van der Waals surface area contributed by atoms with E-state index in [1.165, 1.54) is 18.2 Å². The predicted octanol–water partition coefficient (Wildman–Crippen LogP) is 3.05. The zero-order valence-corrected chi connectivity index (χ0v) is 13.3. The molecule has 0 spiro atoms. The standard InChI is InChI=1S/C13H16ClN3O3S/c1-8-6-16(7-9(2)20-8)13(21)15-12-5-10(17(18)19)3-4-11(12)14/h3-5,8-9H,6-7H2,1-2H3,(H,15,21)/t8-,9-/m0/s1. The van der Waals surface area contributed by atoms with Gasteiger partial charge in [-0.25, -0.2) is 0 Å². The second kappa shape index (κ2) is 6.55. The zero-order valence-electron chi connectivity index (χ0n) is 11.7. The molecule has 0 aliphatic carbocycles. The first-order valence-corrected chi connectivity index (χ1v) is 7.30. The molecule has 0 amide bonds. The maximum atomic E-state index is 10.8. The van der Waals surface area contributed by atoms with Gasteiger partial charge < -0.3 is 15.0 Å². The normalized spacial score (nSPS) is 22.0. The molecule has 1 saturated heterocycles. The molecule has 8 heteroatoms. The molecule has 1 aliphatic rings. The summed E-state index contributed by atoms with van der Waals surface area (Å²) < 4.78 is 5.65. The molecule has 1 N–H and O–H groups in total. The van der Waals surface area contributed by atoms with Crippen molar-refractivity contribution in [1.82, 2.24) is 4.90 Å². The fraction of sp³-hybridized carbons (Fsp3) is 0.462. The number of hydrogen-bond donors (Lipinski definition) is 1. The van der Waals surface area contributed by atoms with E-state index in [9.17, 15) is 10.1 Å². The Kier molecular flexibility index (Phi) is 4.97. The van der Waals surface area contributed by atoms with Gasteiger partial charge in [0.25, 0.3) is 5.69 Å². The molecule has 2 atom stereocenters. The van der Waals surface area contributed by atoms with Gasteiger partial charge in [-0.05, 0) is 32.1 Å². The zero-order chi connectivity index (χ0) is 15.6. The second-order valence-corrected chi connectivity index (χ2v) is 5.81. The van der Waals surface area contributed by atoms with Crippen molar-refractivity contribution < 1.29 is 9.66 Å². The topological polar surface area (TPSA) is 67.6 Å². The summed E-state index contributed by atoms with van der Waals surface area (Å²) in [5.74, 6) is 0. The largest absolute Gasteiger partial charge is 0.372 e. The van der Waals surface area contributed by atoms with Crippen LogP contribution < -0.4 is 5.32 Å². The van der Waals surface area contributed by atoms with Crippen LogP contribution in [0.2, 0.25) is 5.02 Å². The first-order chi connectivity index (χ1) is 9.86. The van der Waals surface area contributed by atoms with E-state index in [2.05, 4.69) is 5.32 Å². The lowest BCUT2D eigenvalue weighted by atomic mass is 10.2. The van der Waals surface area contributed by atoms with Crippen molar-refractivity contribution in [2.75, 3.05) is 18.4 Å². The summed E-state index contributed by atoms with van der Waals surface area (Å²) in [5.41, 5.74) is 0.399. The minimum atomic E-state index is -0.469. The third-order valence-corrected chi connectivity index (χ3v) is 3.80. The Morgan fingerprint density at radius 2 is 2.10 bits per heavy atom. The number of halogens is 1. The number of benzene rings is 1. The number of rotatable bonds is 2. The number of nitro benzene ring substituents is 1. The van der Waals surface area contributed by atoms with Crippen LogP contribution in [0.1, 0.15) is 13.8 Å². The van der Waals surface area contributed by atoms with Crippen LogP contribution in [0, 0.1) is 10.1 Å². The van der Waals surface area contributed by atoms with Crippen LogP contribution in [0.5, 0.6) is 0 Å². The molecule has 1 fully saturated rings. The van der Waals surface area contributed by atoms with E-state index in [1.807, 2.05) is 18.7 Å². The number of non-ortho nitro benzene ring substituents is 1. The molecule has 114 valence electrons. The SMILES string of the molecule is C[C@H]1CN(C(=S)Nc2cc([N+](=O)[O-])ccc2Cl)C[C@H](C)O1. The predicted molar refractivity (Wildman–Crippen MR) is 85.9 cm³/mol. The van der Waals surface area contributed by atoms with E-state index in [0.29, 0.717) is 28.9 Å². The summed E-state index contributed by atoms with van der Waals surface area (Å²) in [6.07, 6.45) is 0.156. The molecule has 0 saturated carbocycles. The van der Waals surface area contributed by atoms with Gasteiger partial charge in [-0.15, -0.1) is 0 Å². The Hall–Kier alpha value is -1.44. The number of morpholine rings is 1. The van der Waals surface area contributed by atoms with Gasteiger partial charge in [0, 0.05) is 25.2 Å². The van der Waals surface area contributed by atoms with E-state index in [0.717, 1.165) is 0 Å². The minimum Gasteiger partial charge on any atom is -0.372 e. The van der Waals surface area contributed by atoms with Crippen LogP contribution in [0.3, 0.4) is 0 Å². The highest BCUT2D eigenvalue weighted by atomic mass is 35.5. The maximum absolute atomic E-state index is 10.8. The number of nitrogens with one attached hydrogen (secondary N) is 1. The van der Waals surface area contributed by atoms with Crippen LogP contribution in [0.25, 0.3) is 0 Å². The molecule has 6 nitrogen and oxygen atoms in total. The van der Waals surface area contributed by atoms with Crippen molar-refractivity contribution in [2.24, 2.45) is 0 Å². The summed E-state index contributed by atoms with van der Waals surface area (Å²) in [6, 6.07) is 4.21. The minimum absolute atomic E-state index is 0.0339. The number of ether oxygens (including phenoxy) is 1. The van der Waals surface area contributed by atoms with Gasteiger partial charge in [0.1, 0.15) is 0 Å². The number of nitrogens with zero attached hydrogens (tertiary/aromatic N) is 2. The lowest BCUT2D eigenvalue weighted by Crippen LogP contribution is -2.49. The van der Waals surface area contributed by atoms with Crippen molar-refractivity contribution in [3.63, 3.8) is 0 Å². The molecule has 1 aliphatic heterocycles. The molecule has 0 aromatic heterocycles. The highest BCUT2D eigenvalue weighted by Gasteiger charge is 2.24. The first-order valence-electron chi connectivity index (χ1n) is 6.52. The lowest BCUT2D eigenvalue weighted by Gasteiger charge is -2.37.